The van der Waals surface area contributed by atoms with E-state index >= 15 is 0 Å². The average Bonchev–Trinajstić information content (AvgIpc) is 2.42. The van der Waals surface area contributed by atoms with Crippen LogP contribution in [0.2, 0.25) is 0 Å². The fraction of sp³-hybridized carbons (Fsp3) is 0.600. The minimum absolute atomic E-state index is 0.425. The summed E-state index contributed by atoms with van der Waals surface area (Å²) in [7, 11) is 0. The lowest BCUT2D eigenvalue weighted by molar-refractivity contribution is 0.0586. The Bertz CT molecular complexity index is 361. The molecule has 0 aromatic heterocycles. The second kappa shape index (κ2) is 6.76. The van der Waals surface area contributed by atoms with E-state index in [4.69, 9.17) is 15.2 Å². The Labute approximate surface area is 109 Å². The molecule has 1 aromatic rings. The standard InChI is InChI=1S/C15H23NO2/c1-2-18-14-5-3-4-13(10-14)15(11-16)12-6-8-17-9-7-12/h3-5,10,12,15H,2,6-9,11,16H2,1H3. The third-order valence-corrected chi connectivity index (χ3v) is 3.69. The Morgan fingerprint density at radius 3 is 2.83 bits per heavy atom. The summed E-state index contributed by atoms with van der Waals surface area (Å²) in [5.41, 5.74) is 7.28. The molecule has 1 aliphatic rings. The highest BCUT2D eigenvalue weighted by atomic mass is 16.5. The van der Waals surface area contributed by atoms with Crippen LogP contribution >= 0.6 is 0 Å². The maximum atomic E-state index is 5.98. The second-order valence-corrected chi connectivity index (χ2v) is 4.80. The zero-order valence-corrected chi connectivity index (χ0v) is 11.1. The van der Waals surface area contributed by atoms with Gasteiger partial charge < -0.3 is 15.2 Å². The maximum absolute atomic E-state index is 5.98. The minimum atomic E-state index is 0.425. The number of benzene rings is 1. The monoisotopic (exact) mass is 249 g/mol. The van der Waals surface area contributed by atoms with Gasteiger partial charge in [-0.2, -0.15) is 0 Å². The van der Waals surface area contributed by atoms with Crippen LogP contribution in [0.25, 0.3) is 0 Å². The van der Waals surface area contributed by atoms with Gasteiger partial charge in [0.15, 0.2) is 0 Å². The van der Waals surface area contributed by atoms with Gasteiger partial charge in [0, 0.05) is 13.2 Å². The van der Waals surface area contributed by atoms with E-state index in [-0.39, 0.29) is 0 Å². The topological polar surface area (TPSA) is 44.5 Å². The molecular formula is C15H23NO2. The van der Waals surface area contributed by atoms with E-state index in [9.17, 15) is 0 Å². The van der Waals surface area contributed by atoms with Crippen molar-refractivity contribution in [3.05, 3.63) is 29.8 Å². The molecule has 1 fully saturated rings. The largest absolute Gasteiger partial charge is 0.494 e. The molecule has 1 aliphatic heterocycles. The van der Waals surface area contributed by atoms with Gasteiger partial charge in [0.2, 0.25) is 0 Å². The number of hydrogen-bond acceptors (Lipinski definition) is 3. The van der Waals surface area contributed by atoms with Gasteiger partial charge in [-0.15, -0.1) is 0 Å². The van der Waals surface area contributed by atoms with Crippen LogP contribution in [0.4, 0.5) is 0 Å². The Morgan fingerprint density at radius 1 is 1.39 bits per heavy atom. The molecule has 0 radical (unpaired) electrons. The third-order valence-electron chi connectivity index (χ3n) is 3.69. The van der Waals surface area contributed by atoms with Crippen molar-refractivity contribution in [1.29, 1.82) is 0 Å². The summed E-state index contributed by atoms with van der Waals surface area (Å²) in [6.07, 6.45) is 2.22. The highest BCUT2D eigenvalue weighted by molar-refractivity contribution is 5.31. The zero-order valence-electron chi connectivity index (χ0n) is 11.1. The average molecular weight is 249 g/mol. The minimum Gasteiger partial charge on any atom is -0.494 e. The lowest BCUT2D eigenvalue weighted by atomic mass is 9.81. The Balaban J connectivity index is 2.12. The molecule has 0 saturated carbocycles. The molecule has 3 heteroatoms. The van der Waals surface area contributed by atoms with E-state index in [0.717, 1.165) is 31.8 Å². The van der Waals surface area contributed by atoms with Crippen molar-refractivity contribution in [2.75, 3.05) is 26.4 Å². The van der Waals surface area contributed by atoms with Gasteiger partial charge in [0.05, 0.1) is 6.61 Å². The molecule has 1 heterocycles. The molecule has 3 nitrogen and oxygen atoms in total. The summed E-state index contributed by atoms with van der Waals surface area (Å²) >= 11 is 0. The first-order chi connectivity index (χ1) is 8.85. The van der Waals surface area contributed by atoms with Crippen LogP contribution in [0.15, 0.2) is 24.3 Å². The van der Waals surface area contributed by atoms with Gasteiger partial charge in [-0.1, -0.05) is 12.1 Å². The van der Waals surface area contributed by atoms with Crippen molar-refractivity contribution in [3.8, 4) is 5.75 Å². The van der Waals surface area contributed by atoms with Crippen molar-refractivity contribution in [2.24, 2.45) is 11.7 Å². The molecule has 0 amide bonds. The van der Waals surface area contributed by atoms with Crippen molar-refractivity contribution < 1.29 is 9.47 Å². The summed E-state index contributed by atoms with van der Waals surface area (Å²) in [4.78, 5) is 0. The summed E-state index contributed by atoms with van der Waals surface area (Å²) in [6.45, 7) is 5.14. The maximum Gasteiger partial charge on any atom is 0.119 e. The van der Waals surface area contributed by atoms with Crippen molar-refractivity contribution in [2.45, 2.75) is 25.7 Å². The predicted molar refractivity (Wildman–Crippen MR) is 72.9 cm³/mol. The fourth-order valence-corrected chi connectivity index (χ4v) is 2.72. The molecular weight excluding hydrogens is 226 g/mol. The van der Waals surface area contributed by atoms with Gasteiger partial charge in [-0.05, 0) is 55.8 Å². The first kappa shape index (κ1) is 13.4. The van der Waals surface area contributed by atoms with Crippen LogP contribution in [0.1, 0.15) is 31.2 Å². The van der Waals surface area contributed by atoms with E-state index < -0.39 is 0 Å². The molecule has 1 saturated heterocycles. The summed E-state index contributed by atoms with van der Waals surface area (Å²) in [5.74, 6) is 2.01. The van der Waals surface area contributed by atoms with Crippen molar-refractivity contribution >= 4 is 0 Å². The van der Waals surface area contributed by atoms with Crippen LogP contribution in [0.5, 0.6) is 5.75 Å². The van der Waals surface area contributed by atoms with E-state index in [1.54, 1.807) is 0 Å². The van der Waals surface area contributed by atoms with Gasteiger partial charge >= 0.3 is 0 Å². The van der Waals surface area contributed by atoms with Gasteiger partial charge in [-0.3, -0.25) is 0 Å². The van der Waals surface area contributed by atoms with Crippen molar-refractivity contribution in [1.82, 2.24) is 0 Å². The zero-order chi connectivity index (χ0) is 12.8. The lowest BCUT2D eigenvalue weighted by Gasteiger charge is -2.30. The van der Waals surface area contributed by atoms with Crippen LogP contribution in [-0.4, -0.2) is 26.4 Å². The van der Waals surface area contributed by atoms with Crippen molar-refractivity contribution in [3.63, 3.8) is 0 Å². The highest BCUT2D eigenvalue weighted by Gasteiger charge is 2.24. The molecule has 2 N–H and O–H groups in total. The molecule has 0 spiro atoms. The van der Waals surface area contributed by atoms with Crippen LogP contribution in [0, 0.1) is 5.92 Å². The van der Waals surface area contributed by atoms with Gasteiger partial charge in [0.25, 0.3) is 0 Å². The smallest absolute Gasteiger partial charge is 0.119 e. The summed E-state index contributed by atoms with van der Waals surface area (Å²) < 4.78 is 11.0. The second-order valence-electron chi connectivity index (χ2n) is 4.80. The Morgan fingerprint density at radius 2 is 2.17 bits per heavy atom. The van der Waals surface area contributed by atoms with E-state index in [1.165, 1.54) is 5.56 Å². The van der Waals surface area contributed by atoms with E-state index in [0.29, 0.717) is 25.0 Å². The number of ether oxygens (including phenoxy) is 2. The van der Waals surface area contributed by atoms with Crippen LogP contribution < -0.4 is 10.5 Å². The number of nitrogens with two attached hydrogens (primary N) is 1. The lowest BCUT2D eigenvalue weighted by Crippen LogP contribution is -2.27. The first-order valence-electron chi connectivity index (χ1n) is 6.85. The predicted octanol–water partition coefficient (Wildman–Crippen LogP) is 2.55. The highest BCUT2D eigenvalue weighted by Crippen LogP contribution is 2.32. The summed E-state index contributed by atoms with van der Waals surface area (Å²) in [5, 5.41) is 0. The molecule has 1 atom stereocenters. The van der Waals surface area contributed by atoms with Gasteiger partial charge in [0.1, 0.15) is 5.75 Å². The summed E-state index contributed by atoms with van der Waals surface area (Å²) in [6, 6.07) is 8.36. The molecule has 18 heavy (non-hydrogen) atoms. The molecule has 0 aliphatic carbocycles. The van der Waals surface area contributed by atoms with E-state index in [2.05, 4.69) is 18.2 Å². The first-order valence-corrected chi connectivity index (χ1v) is 6.85. The molecule has 100 valence electrons. The molecule has 1 aromatic carbocycles. The van der Waals surface area contributed by atoms with Crippen LogP contribution in [0.3, 0.4) is 0 Å². The van der Waals surface area contributed by atoms with Gasteiger partial charge in [-0.25, -0.2) is 0 Å². The normalized spacial score (nSPS) is 18.6. The third kappa shape index (κ3) is 3.24. The van der Waals surface area contributed by atoms with Crippen LogP contribution in [-0.2, 0) is 4.74 Å². The number of hydrogen-bond donors (Lipinski definition) is 1. The molecule has 0 bridgehead atoms. The number of rotatable bonds is 5. The Kier molecular flexibility index (Phi) is 5.02. The quantitative estimate of drug-likeness (QED) is 0.872. The Hall–Kier alpha value is -1.06. The SMILES string of the molecule is CCOc1cccc(C(CN)C2CCOCC2)c1. The fourth-order valence-electron chi connectivity index (χ4n) is 2.72. The molecule has 1 unspecified atom stereocenters. The van der Waals surface area contributed by atoms with E-state index in [1.807, 2.05) is 13.0 Å². The molecule has 2 rings (SSSR count).